The summed E-state index contributed by atoms with van der Waals surface area (Å²) in [5, 5.41) is 16.7. The van der Waals surface area contributed by atoms with Crippen LogP contribution in [0.1, 0.15) is 29.8 Å². The quantitative estimate of drug-likeness (QED) is 0.343. The zero-order valence-electron chi connectivity index (χ0n) is 20.8. The first kappa shape index (κ1) is 26.0. The maximum absolute atomic E-state index is 13.4. The summed E-state index contributed by atoms with van der Waals surface area (Å²) in [5.74, 6) is -1.79. The van der Waals surface area contributed by atoms with E-state index >= 15 is 0 Å². The summed E-state index contributed by atoms with van der Waals surface area (Å²) in [6.45, 7) is 4.31. The lowest BCUT2D eigenvalue weighted by molar-refractivity contribution is -0.120. The van der Waals surface area contributed by atoms with Crippen LogP contribution in [0.25, 0.3) is 0 Å². The third-order valence-electron chi connectivity index (χ3n) is 5.34. The molecule has 1 aliphatic rings. The molecule has 3 N–H and O–H groups in total. The maximum atomic E-state index is 13.4. The van der Waals surface area contributed by atoms with E-state index in [0.717, 1.165) is 10.5 Å². The van der Waals surface area contributed by atoms with Gasteiger partial charge in [0.25, 0.3) is 17.7 Å². The van der Waals surface area contributed by atoms with E-state index in [-0.39, 0.29) is 28.4 Å². The fraction of sp³-hybridized carbons (Fsp3) is 0.179. The second-order valence-corrected chi connectivity index (χ2v) is 7.90. The van der Waals surface area contributed by atoms with Crippen molar-refractivity contribution in [2.75, 3.05) is 24.3 Å². The molecule has 0 aliphatic carbocycles. The molecule has 0 bridgehead atoms. The standard InChI is InChI=1S/C26H24N4O4.C2H6/c1-29(2)24(32)19-14-9-15-20(23(19)31)28-22-21(27-16-17-10-5-3-6-11-17)25(33)30(26(22)34)18-12-7-4-8-13-18;1-2/h3-15,27-28,31H,16H2,1-2H3;1-2H3. The van der Waals surface area contributed by atoms with Crippen LogP contribution >= 0.6 is 0 Å². The van der Waals surface area contributed by atoms with Gasteiger partial charge in [0.05, 0.1) is 16.9 Å². The van der Waals surface area contributed by atoms with Crippen molar-refractivity contribution in [3.63, 3.8) is 0 Å². The molecular weight excluding hydrogens is 456 g/mol. The normalized spacial score (nSPS) is 12.7. The SMILES string of the molecule is CC.CN(C)C(=O)c1cccc(NC2=C(NCc3ccccc3)C(=O)N(c3ccccc3)C2=O)c1O. The second-order valence-electron chi connectivity index (χ2n) is 7.90. The Hall–Kier alpha value is -4.59. The molecule has 0 unspecified atom stereocenters. The van der Waals surface area contributed by atoms with Crippen molar-refractivity contribution < 1.29 is 19.5 Å². The number of carbonyl (C=O) groups is 3. The number of imide groups is 1. The van der Waals surface area contributed by atoms with Gasteiger partial charge in [0.2, 0.25) is 0 Å². The van der Waals surface area contributed by atoms with Gasteiger partial charge in [0.1, 0.15) is 11.4 Å². The van der Waals surface area contributed by atoms with Crippen molar-refractivity contribution in [2.45, 2.75) is 20.4 Å². The number of hydrogen-bond acceptors (Lipinski definition) is 6. The fourth-order valence-corrected chi connectivity index (χ4v) is 3.60. The van der Waals surface area contributed by atoms with Gasteiger partial charge in [-0.15, -0.1) is 0 Å². The Morgan fingerprint density at radius 3 is 2.03 bits per heavy atom. The Balaban J connectivity index is 0.00000176. The number of aromatic hydroxyl groups is 1. The maximum Gasteiger partial charge on any atom is 0.284 e. The van der Waals surface area contributed by atoms with E-state index in [9.17, 15) is 19.5 Å². The van der Waals surface area contributed by atoms with Gasteiger partial charge in [-0.05, 0) is 29.8 Å². The number of rotatable bonds is 7. The van der Waals surface area contributed by atoms with Gasteiger partial charge < -0.3 is 20.6 Å². The van der Waals surface area contributed by atoms with E-state index in [1.165, 1.54) is 17.0 Å². The summed E-state index contributed by atoms with van der Waals surface area (Å²) < 4.78 is 0. The lowest BCUT2D eigenvalue weighted by Gasteiger charge is -2.16. The minimum absolute atomic E-state index is 0.0189. The number of amides is 3. The predicted octanol–water partition coefficient (Wildman–Crippen LogP) is 4.11. The number of phenolic OH excluding ortho intramolecular Hbond substituents is 1. The molecule has 3 amide bonds. The highest BCUT2D eigenvalue weighted by Crippen LogP contribution is 2.33. The van der Waals surface area contributed by atoms with Gasteiger partial charge in [-0.25, -0.2) is 4.90 Å². The highest BCUT2D eigenvalue weighted by Gasteiger charge is 2.40. The predicted molar refractivity (Wildman–Crippen MR) is 140 cm³/mol. The number of anilines is 2. The van der Waals surface area contributed by atoms with Gasteiger partial charge in [0, 0.05) is 20.6 Å². The van der Waals surface area contributed by atoms with E-state index in [1.807, 2.05) is 44.2 Å². The first-order chi connectivity index (χ1) is 17.4. The molecule has 3 aromatic rings. The number of benzene rings is 3. The molecule has 0 atom stereocenters. The van der Waals surface area contributed by atoms with Crippen LogP contribution in [0.3, 0.4) is 0 Å². The van der Waals surface area contributed by atoms with E-state index in [2.05, 4.69) is 10.6 Å². The number of carbonyl (C=O) groups excluding carboxylic acids is 3. The summed E-state index contributed by atoms with van der Waals surface area (Å²) >= 11 is 0. The van der Waals surface area contributed by atoms with Crippen LogP contribution in [-0.2, 0) is 16.1 Å². The Bertz CT molecular complexity index is 1270. The molecule has 0 saturated carbocycles. The molecule has 1 aliphatic heterocycles. The van der Waals surface area contributed by atoms with Crippen molar-refractivity contribution in [1.82, 2.24) is 10.2 Å². The first-order valence-corrected chi connectivity index (χ1v) is 11.6. The van der Waals surface area contributed by atoms with Gasteiger partial charge in [-0.1, -0.05) is 68.4 Å². The summed E-state index contributed by atoms with van der Waals surface area (Å²) in [6.07, 6.45) is 0. The molecule has 8 heteroatoms. The number of hydrogen-bond donors (Lipinski definition) is 3. The lowest BCUT2D eigenvalue weighted by atomic mass is 10.1. The topological polar surface area (TPSA) is 102 Å². The molecule has 3 aromatic carbocycles. The highest BCUT2D eigenvalue weighted by atomic mass is 16.3. The van der Waals surface area contributed by atoms with E-state index in [0.29, 0.717) is 12.2 Å². The molecule has 0 radical (unpaired) electrons. The van der Waals surface area contributed by atoms with Crippen molar-refractivity contribution >= 4 is 29.1 Å². The zero-order chi connectivity index (χ0) is 26.2. The minimum Gasteiger partial charge on any atom is -0.505 e. The lowest BCUT2D eigenvalue weighted by Crippen LogP contribution is -2.33. The molecular formula is C28H30N4O4. The molecule has 0 saturated heterocycles. The van der Waals surface area contributed by atoms with Crippen LogP contribution < -0.4 is 15.5 Å². The minimum atomic E-state index is -0.574. The third kappa shape index (κ3) is 5.38. The van der Waals surface area contributed by atoms with E-state index in [4.69, 9.17) is 0 Å². The number of para-hydroxylation sites is 2. The average molecular weight is 487 g/mol. The number of nitrogens with zero attached hydrogens (tertiary/aromatic N) is 2. The van der Waals surface area contributed by atoms with E-state index < -0.39 is 17.7 Å². The Labute approximate surface area is 210 Å². The van der Waals surface area contributed by atoms with Gasteiger partial charge in [0.15, 0.2) is 5.75 Å². The highest BCUT2D eigenvalue weighted by molar-refractivity contribution is 6.33. The van der Waals surface area contributed by atoms with Gasteiger partial charge in [-0.2, -0.15) is 0 Å². The number of phenols is 1. The van der Waals surface area contributed by atoms with Crippen LogP contribution in [-0.4, -0.2) is 41.8 Å². The number of nitrogens with one attached hydrogen (secondary N) is 2. The Morgan fingerprint density at radius 2 is 1.42 bits per heavy atom. The molecule has 1 heterocycles. The fourth-order valence-electron chi connectivity index (χ4n) is 3.60. The van der Waals surface area contributed by atoms with Crippen LogP contribution in [0.2, 0.25) is 0 Å². The van der Waals surface area contributed by atoms with E-state index in [1.54, 1.807) is 50.5 Å². The van der Waals surface area contributed by atoms with Crippen molar-refractivity contribution in [3.05, 3.63) is 101 Å². The van der Waals surface area contributed by atoms with Crippen LogP contribution in [0, 0.1) is 0 Å². The van der Waals surface area contributed by atoms with Gasteiger partial charge in [-0.3, -0.25) is 14.4 Å². The van der Waals surface area contributed by atoms with Crippen LogP contribution in [0.15, 0.2) is 90.3 Å². The molecule has 4 rings (SSSR count). The molecule has 0 fully saturated rings. The molecule has 36 heavy (non-hydrogen) atoms. The Morgan fingerprint density at radius 1 is 0.833 bits per heavy atom. The van der Waals surface area contributed by atoms with Crippen molar-refractivity contribution in [2.24, 2.45) is 0 Å². The summed E-state index contributed by atoms with van der Waals surface area (Å²) in [4.78, 5) is 41.5. The first-order valence-electron chi connectivity index (χ1n) is 11.6. The average Bonchev–Trinajstić information content (AvgIpc) is 3.14. The Kier molecular flexibility index (Phi) is 8.46. The second kappa shape index (κ2) is 11.7. The molecule has 8 nitrogen and oxygen atoms in total. The molecule has 0 spiro atoms. The summed E-state index contributed by atoms with van der Waals surface area (Å²) in [7, 11) is 3.15. The summed E-state index contributed by atoms with van der Waals surface area (Å²) in [5.41, 5.74) is 1.61. The van der Waals surface area contributed by atoms with Gasteiger partial charge >= 0.3 is 0 Å². The summed E-state index contributed by atoms with van der Waals surface area (Å²) in [6, 6.07) is 22.7. The largest absolute Gasteiger partial charge is 0.505 e. The van der Waals surface area contributed by atoms with Crippen LogP contribution in [0.5, 0.6) is 5.75 Å². The van der Waals surface area contributed by atoms with Crippen LogP contribution in [0.4, 0.5) is 11.4 Å². The molecule has 186 valence electrons. The third-order valence-corrected chi connectivity index (χ3v) is 5.34. The monoisotopic (exact) mass is 486 g/mol. The van der Waals surface area contributed by atoms with Crippen molar-refractivity contribution in [1.29, 1.82) is 0 Å². The van der Waals surface area contributed by atoms with Crippen molar-refractivity contribution in [3.8, 4) is 5.75 Å². The smallest absolute Gasteiger partial charge is 0.284 e. The molecule has 0 aromatic heterocycles. The zero-order valence-corrected chi connectivity index (χ0v) is 20.8.